The number of halogens is 2. The highest BCUT2D eigenvalue weighted by atomic mass is 35.5. The van der Waals surface area contributed by atoms with Gasteiger partial charge in [0, 0.05) is 40.7 Å². The maximum atomic E-state index is 11.7. The normalized spacial score (nSPS) is 17.0. The van der Waals surface area contributed by atoms with Crippen molar-refractivity contribution in [2.75, 3.05) is 24.2 Å². The van der Waals surface area contributed by atoms with Crippen molar-refractivity contribution in [1.82, 2.24) is 9.97 Å². The molecule has 0 amide bonds. The molecular weight excluding hydrogens is 367 g/mol. The molecule has 24 heavy (non-hydrogen) atoms. The van der Waals surface area contributed by atoms with Gasteiger partial charge < -0.3 is 4.90 Å². The van der Waals surface area contributed by atoms with Gasteiger partial charge in [0.05, 0.1) is 22.4 Å². The van der Waals surface area contributed by atoms with Gasteiger partial charge in [-0.05, 0) is 18.2 Å². The summed E-state index contributed by atoms with van der Waals surface area (Å²) in [5.74, 6) is 1.55. The van der Waals surface area contributed by atoms with Gasteiger partial charge in [0.1, 0.15) is 11.7 Å². The van der Waals surface area contributed by atoms with Crippen LogP contribution in [0, 0.1) is 0 Å². The number of hydrogen-bond acceptors (Lipinski definition) is 5. The van der Waals surface area contributed by atoms with E-state index in [4.69, 9.17) is 23.2 Å². The van der Waals surface area contributed by atoms with Crippen LogP contribution in [0.2, 0.25) is 10.0 Å². The van der Waals surface area contributed by atoms with Crippen LogP contribution in [0.15, 0.2) is 34.5 Å². The summed E-state index contributed by atoms with van der Waals surface area (Å²) in [5, 5.41) is 1.48. The van der Waals surface area contributed by atoms with Gasteiger partial charge in [0.15, 0.2) is 0 Å². The van der Waals surface area contributed by atoms with Crippen molar-refractivity contribution in [1.29, 1.82) is 0 Å². The van der Waals surface area contributed by atoms with Gasteiger partial charge in [-0.25, -0.2) is 9.97 Å². The molecular formula is C16H12Cl2N4OS. The van der Waals surface area contributed by atoms with E-state index in [0.29, 0.717) is 21.7 Å². The van der Waals surface area contributed by atoms with Crippen molar-refractivity contribution in [2.45, 2.75) is 5.16 Å². The summed E-state index contributed by atoms with van der Waals surface area (Å²) in [7, 11) is -1.23. The molecule has 2 aliphatic rings. The van der Waals surface area contributed by atoms with Crippen molar-refractivity contribution in [3.63, 3.8) is 0 Å². The number of hydrogen-bond donors (Lipinski definition) is 0. The van der Waals surface area contributed by atoms with E-state index in [1.165, 1.54) is 0 Å². The molecule has 1 atom stereocenters. The molecule has 0 saturated heterocycles. The molecule has 1 unspecified atom stereocenters. The first kappa shape index (κ1) is 15.7. The van der Waals surface area contributed by atoms with E-state index >= 15 is 0 Å². The summed E-state index contributed by atoms with van der Waals surface area (Å²) >= 11 is 12.4. The van der Waals surface area contributed by atoms with E-state index in [2.05, 4.69) is 15.0 Å². The Kier molecular flexibility index (Phi) is 3.90. The number of anilines is 1. The predicted molar refractivity (Wildman–Crippen MR) is 98.3 cm³/mol. The highest BCUT2D eigenvalue weighted by molar-refractivity contribution is 7.84. The zero-order valence-electron chi connectivity index (χ0n) is 12.7. The molecule has 8 heteroatoms. The van der Waals surface area contributed by atoms with Crippen molar-refractivity contribution in [2.24, 2.45) is 4.99 Å². The van der Waals surface area contributed by atoms with E-state index in [9.17, 15) is 4.21 Å². The lowest BCUT2D eigenvalue weighted by molar-refractivity contribution is 0.679. The van der Waals surface area contributed by atoms with Crippen molar-refractivity contribution >= 4 is 57.3 Å². The Hall–Kier alpha value is -1.76. The molecule has 3 heterocycles. The minimum atomic E-state index is -1.23. The second-order valence-corrected chi connectivity index (χ2v) is 7.54. The molecule has 0 N–H and O–H groups in total. The van der Waals surface area contributed by atoms with Crippen LogP contribution in [0.3, 0.4) is 0 Å². The van der Waals surface area contributed by atoms with Gasteiger partial charge in [-0.3, -0.25) is 9.20 Å². The van der Waals surface area contributed by atoms with Crippen LogP contribution in [0.25, 0.3) is 11.6 Å². The zero-order valence-corrected chi connectivity index (χ0v) is 15.0. The third-order valence-electron chi connectivity index (χ3n) is 3.89. The summed E-state index contributed by atoms with van der Waals surface area (Å²) in [5.41, 5.74) is 2.63. The SMILES string of the molecule is CS(=O)c1ncc2c(n1)N1CCN=C1C(c1ccc(Cl)cc1Cl)=C2. The van der Waals surface area contributed by atoms with E-state index in [1.54, 1.807) is 24.6 Å². The van der Waals surface area contributed by atoms with Crippen LogP contribution < -0.4 is 4.90 Å². The average Bonchev–Trinajstić information content (AvgIpc) is 3.04. The topological polar surface area (TPSA) is 58.5 Å². The number of nitrogens with zero attached hydrogens (tertiary/aromatic N) is 4. The number of benzene rings is 1. The molecule has 0 fully saturated rings. The number of aromatic nitrogens is 2. The van der Waals surface area contributed by atoms with E-state index < -0.39 is 10.8 Å². The smallest absolute Gasteiger partial charge is 0.220 e. The summed E-state index contributed by atoms with van der Waals surface area (Å²) in [6.07, 6.45) is 5.23. The Balaban J connectivity index is 1.91. The number of rotatable bonds is 2. The Morgan fingerprint density at radius 2 is 2.12 bits per heavy atom. The average molecular weight is 379 g/mol. The van der Waals surface area contributed by atoms with Gasteiger partial charge in [-0.2, -0.15) is 0 Å². The first-order valence-corrected chi connectivity index (χ1v) is 9.56. The Morgan fingerprint density at radius 3 is 2.88 bits per heavy atom. The lowest BCUT2D eigenvalue weighted by atomic mass is 9.98. The standard InChI is InChI=1S/C16H12Cl2N4OS/c1-24(23)16-20-8-9-6-12(11-3-2-10(17)7-13(11)18)15-19-4-5-22(15)14(9)21-16/h2-3,6-8H,4-5H2,1H3. The Bertz CT molecular complexity index is 942. The van der Waals surface area contributed by atoms with E-state index in [1.807, 2.05) is 17.0 Å². The van der Waals surface area contributed by atoms with Crippen molar-refractivity contribution in [3.8, 4) is 0 Å². The van der Waals surface area contributed by atoms with Crippen molar-refractivity contribution < 1.29 is 4.21 Å². The maximum Gasteiger partial charge on any atom is 0.220 e. The summed E-state index contributed by atoms with van der Waals surface area (Å²) < 4.78 is 11.7. The molecule has 4 rings (SSSR count). The number of amidine groups is 1. The minimum Gasteiger partial charge on any atom is -0.308 e. The van der Waals surface area contributed by atoms with Gasteiger partial charge in [0.25, 0.3) is 0 Å². The lowest BCUT2D eigenvalue weighted by Gasteiger charge is -2.27. The van der Waals surface area contributed by atoms with Crippen LogP contribution >= 0.6 is 23.2 Å². The fraction of sp³-hybridized carbons (Fsp3) is 0.188. The molecule has 122 valence electrons. The lowest BCUT2D eigenvalue weighted by Crippen LogP contribution is -2.32. The first-order chi connectivity index (χ1) is 11.5. The second-order valence-electron chi connectivity index (χ2n) is 5.42. The number of fused-ring (bicyclic) bond motifs is 3. The van der Waals surface area contributed by atoms with Gasteiger partial charge in [-0.15, -0.1) is 0 Å². The largest absolute Gasteiger partial charge is 0.308 e. The predicted octanol–water partition coefficient (Wildman–Crippen LogP) is 3.29. The Morgan fingerprint density at radius 1 is 1.29 bits per heavy atom. The van der Waals surface area contributed by atoms with Crippen LogP contribution in [-0.4, -0.2) is 39.4 Å². The third kappa shape index (κ3) is 2.55. The number of aliphatic imine (C=N–C) groups is 1. The zero-order chi connectivity index (χ0) is 16.8. The van der Waals surface area contributed by atoms with Gasteiger partial charge in [0.2, 0.25) is 5.16 Å². The highest BCUT2D eigenvalue weighted by Crippen LogP contribution is 2.37. The van der Waals surface area contributed by atoms with Crippen LogP contribution in [0.5, 0.6) is 0 Å². The highest BCUT2D eigenvalue weighted by Gasteiger charge is 2.31. The molecule has 1 aromatic carbocycles. The van der Waals surface area contributed by atoms with Gasteiger partial charge in [-0.1, -0.05) is 29.3 Å². The maximum absolute atomic E-state index is 11.7. The second kappa shape index (κ2) is 5.95. The van der Waals surface area contributed by atoms with Gasteiger partial charge >= 0.3 is 0 Å². The van der Waals surface area contributed by atoms with Crippen LogP contribution in [-0.2, 0) is 10.8 Å². The molecule has 0 bridgehead atoms. The molecule has 5 nitrogen and oxygen atoms in total. The van der Waals surface area contributed by atoms with Crippen LogP contribution in [0.4, 0.5) is 5.82 Å². The molecule has 2 aliphatic heterocycles. The Labute approximate surface area is 151 Å². The quantitative estimate of drug-likeness (QED) is 0.752. The fourth-order valence-electron chi connectivity index (χ4n) is 2.83. The van der Waals surface area contributed by atoms with Crippen molar-refractivity contribution in [3.05, 3.63) is 45.6 Å². The molecule has 2 aromatic rings. The molecule has 0 saturated carbocycles. The summed E-state index contributed by atoms with van der Waals surface area (Å²) in [4.78, 5) is 15.3. The fourth-order valence-corrected chi connectivity index (χ4v) is 3.76. The molecule has 0 aliphatic carbocycles. The summed E-state index contributed by atoms with van der Waals surface area (Å²) in [6, 6.07) is 5.41. The van der Waals surface area contributed by atoms with E-state index in [-0.39, 0.29) is 0 Å². The van der Waals surface area contributed by atoms with Crippen LogP contribution in [0.1, 0.15) is 11.1 Å². The third-order valence-corrected chi connectivity index (χ3v) is 5.15. The first-order valence-electron chi connectivity index (χ1n) is 7.24. The molecule has 0 spiro atoms. The summed E-state index contributed by atoms with van der Waals surface area (Å²) in [6.45, 7) is 1.39. The van der Waals surface area contributed by atoms with E-state index in [0.717, 1.165) is 34.9 Å². The molecule has 1 aromatic heterocycles. The minimum absolute atomic E-state index is 0.321. The monoisotopic (exact) mass is 378 g/mol. The molecule has 0 radical (unpaired) electrons.